The van der Waals surface area contributed by atoms with Crippen molar-refractivity contribution >= 4 is 6.41 Å². The zero-order valence-electron chi connectivity index (χ0n) is 13.0. The molecule has 2 unspecified atom stereocenters. The molecule has 0 bridgehead atoms. The normalized spacial score (nSPS) is 21.8. The summed E-state index contributed by atoms with van der Waals surface area (Å²) >= 11 is 0. The first kappa shape index (κ1) is 16.5. The molecule has 8 heteroatoms. The zero-order chi connectivity index (χ0) is 17.3. The topological polar surface area (TPSA) is 59.2 Å². The Kier molecular flexibility index (Phi) is 4.29. The summed E-state index contributed by atoms with van der Waals surface area (Å²) in [7, 11) is 0. The SMILES string of the molecule is Cc1noc(C2CC(c3cccc(C(F)(F)F)c3)CN(C=O)C2)n1. The fourth-order valence-electron chi connectivity index (χ4n) is 3.09. The van der Waals surface area contributed by atoms with Gasteiger partial charge >= 0.3 is 6.18 Å². The molecule has 1 aliphatic rings. The number of likely N-dealkylation sites (tertiary alicyclic amines) is 1. The molecule has 0 N–H and O–H groups in total. The quantitative estimate of drug-likeness (QED) is 0.806. The molecule has 5 nitrogen and oxygen atoms in total. The maximum Gasteiger partial charge on any atom is 0.416 e. The molecule has 0 spiro atoms. The van der Waals surface area contributed by atoms with Gasteiger partial charge in [0.25, 0.3) is 0 Å². The van der Waals surface area contributed by atoms with Crippen LogP contribution in [-0.2, 0) is 11.0 Å². The molecule has 0 radical (unpaired) electrons. The van der Waals surface area contributed by atoms with E-state index in [2.05, 4.69) is 10.1 Å². The van der Waals surface area contributed by atoms with Gasteiger partial charge in [0.05, 0.1) is 11.5 Å². The highest BCUT2D eigenvalue weighted by Gasteiger charge is 2.34. The highest BCUT2D eigenvalue weighted by Crippen LogP contribution is 2.37. The van der Waals surface area contributed by atoms with Crippen molar-refractivity contribution in [3.8, 4) is 0 Å². The molecule has 1 amide bonds. The van der Waals surface area contributed by atoms with E-state index in [1.807, 2.05) is 0 Å². The minimum atomic E-state index is -4.39. The van der Waals surface area contributed by atoms with Crippen LogP contribution in [0.15, 0.2) is 28.8 Å². The van der Waals surface area contributed by atoms with Crippen LogP contribution in [0.1, 0.15) is 41.1 Å². The van der Waals surface area contributed by atoms with E-state index in [4.69, 9.17) is 4.52 Å². The highest BCUT2D eigenvalue weighted by atomic mass is 19.4. The van der Waals surface area contributed by atoms with Crippen molar-refractivity contribution in [3.05, 3.63) is 47.1 Å². The third kappa shape index (κ3) is 3.42. The van der Waals surface area contributed by atoms with Crippen molar-refractivity contribution in [2.24, 2.45) is 0 Å². The van der Waals surface area contributed by atoms with Crippen molar-refractivity contribution in [1.29, 1.82) is 0 Å². The van der Waals surface area contributed by atoms with Crippen molar-refractivity contribution in [2.45, 2.75) is 31.4 Å². The number of halogens is 3. The average molecular weight is 339 g/mol. The Labute approximate surface area is 136 Å². The predicted octanol–water partition coefficient (Wildman–Crippen LogP) is 3.13. The number of hydrogen-bond donors (Lipinski definition) is 0. The molecule has 2 atom stereocenters. The van der Waals surface area contributed by atoms with Gasteiger partial charge in [-0.2, -0.15) is 18.2 Å². The number of aromatic nitrogens is 2. The molecule has 1 fully saturated rings. The van der Waals surface area contributed by atoms with Gasteiger partial charge in [-0.3, -0.25) is 4.79 Å². The number of rotatable bonds is 3. The number of alkyl halides is 3. The second-order valence-corrected chi connectivity index (χ2v) is 5.99. The Morgan fingerprint density at radius 3 is 2.67 bits per heavy atom. The summed E-state index contributed by atoms with van der Waals surface area (Å²) in [5.41, 5.74) is -0.133. The van der Waals surface area contributed by atoms with Crippen LogP contribution in [0.25, 0.3) is 0 Å². The molecule has 0 aliphatic carbocycles. The number of nitrogens with zero attached hydrogens (tertiary/aromatic N) is 3. The van der Waals surface area contributed by atoms with Crippen molar-refractivity contribution in [1.82, 2.24) is 15.0 Å². The molecule has 1 aromatic carbocycles. The summed E-state index contributed by atoms with van der Waals surface area (Å²) in [4.78, 5) is 17.0. The molecular formula is C16H16F3N3O2. The zero-order valence-corrected chi connectivity index (χ0v) is 13.0. The van der Waals surface area contributed by atoms with Gasteiger partial charge in [0.2, 0.25) is 12.3 Å². The molecular weight excluding hydrogens is 323 g/mol. The number of carbonyl (C=O) groups excluding carboxylic acids is 1. The van der Waals surface area contributed by atoms with E-state index in [1.165, 1.54) is 6.07 Å². The Morgan fingerprint density at radius 2 is 2.04 bits per heavy atom. The van der Waals surface area contributed by atoms with Gasteiger partial charge in [-0.1, -0.05) is 23.4 Å². The molecule has 3 rings (SSSR count). The van der Waals surface area contributed by atoms with Gasteiger partial charge in [-0.25, -0.2) is 0 Å². The molecule has 1 aromatic heterocycles. The summed E-state index contributed by atoms with van der Waals surface area (Å²) in [5, 5.41) is 3.75. The van der Waals surface area contributed by atoms with E-state index in [0.717, 1.165) is 12.1 Å². The van der Waals surface area contributed by atoms with Crippen LogP contribution < -0.4 is 0 Å². The first-order valence-electron chi connectivity index (χ1n) is 7.53. The summed E-state index contributed by atoms with van der Waals surface area (Å²) in [5.74, 6) is 0.494. The van der Waals surface area contributed by atoms with Crippen LogP contribution in [-0.4, -0.2) is 34.5 Å². The smallest absolute Gasteiger partial charge is 0.344 e. The fourth-order valence-corrected chi connectivity index (χ4v) is 3.09. The summed E-state index contributed by atoms with van der Waals surface area (Å²) in [6.07, 6.45) is -3.14. The largest absolute Gasteiger partial charge is 0.416 e. The Morgan fingerprint density at radius 1 is 1.29 bits per heavy atom. The molecule has 1 saturated heterocycles. The van der Waals surface area contributed by atoms with Crippen molar-refractivity contribution in [3.63, 3.8) is 0 Å². The number of benzene rings is 1. The summed E-state index contributed by atoms with van der Waals surface area (Å²) in [6.45, 7) is 2.48. The minimum Gasteiger partial charge on any atom is -0.344 e. The molecule has 2 aromatic rings. The van der Waals surface area contributed by atoms with Crippen molar-refractivity contribution < 1.29 is 22.5 Å². The number of carbonyl (C=O) groups is 1. The van der Waals surface area contributed by atoms with Gasteiger partial charge in [0, 0.05) is 19.0 Å². The number of amides is 1. The lowest BCUT2D eigenvalue weighted by atomic mass is 9.84. The van der Waals surface area contributed by atoms with Gasteiger partial charge < -0.3 is 9.42 Å². The minimum absolute atomic E-state index is 0.190. The lowest BCUT2D eigenvalue weighted by Gasteiger charge is -2.34. The van der Waals surface area contributed by atoms with Crippen LogP contribution in [0, 0.1) is 6.92 Å². The van der Waals surface area contributed by atoms with E-state index in [-0.39, 0.29) is 11.8 Å². The summed E-state index contributed by atoms with van der Waals surface area (Å²) < 4.78 is 43.9. The standard InChI is InChI=1S/C16H16F3N3O2/c1-10-20-15(24-21-10)13-5-12(7-22(8-13)9-23)11-3-2-4-14(6-11)16(17,18)19/h2-4,6,9,12-13H,5,7-8H2,1H3. The van der Waals surface area contributed by atoms with E-state index in [0.29, 0.717) is 43.2 Å². The molecule has 1 aliphatic heterocycles. The lowest BCUT2D eigenvalue weighted by Crippen LogP contribution is -2.37. The third-order valence-electron chi connectivity index (χ3n) is 4.21. The van der Waals surface area contributed by atoms with E-state index in [9.17, 15) is 18.0 Å². The van der Waals surface area contributed by atoms with E-state index in [1.54, 1.807) is 17.9 Å². The third-order valence-corrected chi connectivity index (χ3v) is 4.21. The maximum atomic E-state index is 12.9. The van der Waals surface area contributed by atoms with Crippen LogP contribution in [0.2, 0.25) is 0 Å². The second-order valence-electron chi connectivity index (χ2n) is 5.99. The summed E-state index contributed by atoms with van der Waals surface area (Å²) in [6, 6.07) is 5.24. The molecule has 128 valence electrons. The Balaban J connectivity index is 1.88. The van der Waals surface area contributed by atoms with Crippen LogP contribution >= 0.6 is 0 Å². The van der Waals surface area contributed by atoms with Crippen LogP contribution in [0.3, 0.4) is 0 Å². The second kappa shape index (κ2) is 6.26. The monoisotopic (exact) mass is 339 g/mol. The Bertz CT molecular complexity index is 729. The highest BCUT2D eigenvalue weighted by molar-refractivity contribution is 5.48. The first-order chi connectivity index (χ1) is 11.4. The van der Waals surface area contributed by atoms with E-state index < -0.39 is 11.7 Å². The average Bonchev–Trinajstić information content (AvgIpc) is 3.00. The number of hydrogen-bond acceptors (Lipinski definition) is 4. The maximum absolute atomic E-state index is 12.9. The lowest BCUT2D eigenvalue weighted by molar-refractivity contribution is -0.137. The van der Waals surface area contributed by atoms with Gasteiger partial charge in [-0.15, -0.1) is 0 Å². The molecule has 0 saturated carbocycles. The number of aryl methyl sites for hydroxylation is 1. The number of piperidine rings is 1. The van der Waals surface area contributed by atoms with Crippen LogP contribution in [0.4, 0.5) is 13.2 Å². The van der Waals surface area contributed by atoms with Crippen molar-refractivity contribution in [2.75, 3.05) is 13.1 Å². The van der Waals surface area contributed by atoms with E-state index >= 15 is 0 Å². The Hall–Kier alpha value is -2.38. The van der Waals surface area contributed by atoms with Crippen LogP contribution in [0.5, 0.6) is 0 Å². The fraction of sp³-hybridized carbons (Fsp3) is 0.438. The first-order valence-corrected chi connectivity index (χ1v) is 7.53. The molecule has 24 heavy (non-hydrogen) atoms. The van der Waals surface area contributed by atoms with Gasteiger partial charge in [0.1, 0.15) is 0 Å². The predicted molar refractivity (Wildman–Crippen MR) is 78.2 cm³/mol. The molecule has 2 heterocycles. The van der Waals surface area contributed by atoms with Gasteiger partial charge in [0.15, 0.2) is 5.82 Å². The van der Waals surface area contributed by atoms with Gasteiger partial charge in [-0.05, 0) is 25.0 Å².